The van der Waals surface area contributed by atoms with Crippen molar-refractivity contribution in [2.24, 2.45) is 0 Å². The van der Waals surface area contributed by atoms with Crippen molar-refractivity contribution in [3.8, 4) is 0 Å². The number of para-hydroxylation sites is 1. The van der Waals surface area contributed by atoms with E-state index in [-0.39, 0.29) is 5.82 Å². The van der Waals surface area contributed by atoms with Gasteiger partial charge in [-0.15, -0.1) is 0 Å². The molecule has 2 nitrogen and oxygen atoms in total. The van der Waals surface area contributed by atoms with Crippen LogP contribution in [0.2, 0.25) is 0 Å². The lowest BCUT2D eigenvalue weighted by Crippen LogP contribution is -2.01. The Morgan fingerprint density at radius 1 is 0.846 bits per heavy atom. The van der Waals surface area contributed by atoms with Gasteiger partial charge in [-0.25, -0.2) is 9.37 Å². The number of anilines is 1. The van der Waals surface area contributed by atoms with Gasteiger partial charge in [0.25, 0.3) is 0 Å². The van der Waals surface area contributed by atoms with Crippen LogP contribution in [0.3, 0.4) is 0 Å². The summed E-state index contributed by atoms with van der Waals surface area (Å²) in [6.45, 7) is 3.26. The molecule has 0 aliphatic carbocycles. The summed E-state index contributed by atoms with van der Waals surface area (Å²) in [6, 6.07) is 13.2. The molecule has 0 atom stereocenters. The van der Waals surface area contributed by atoms with Crippen molar-refractivity contribution in [2.45, 2.75) is 58.3 Å². The van der Waals surface area contributed by atoms with E-state index in [0.29, 0.717) is 5.52 Å². The first-order chi connectivity index (χ1) is 12.8. The van der Waals surface area contributed by atoms with E-state index in [4.69, 9.17) is 0 Å². The zero-order chi connectivity index (χ0) is 18.2. The summed E-state index contributed by atoms with van der Waals surface area (Å²) in [4.78, 5) is 4.47. The van der Waals surface area contributed by atoms with Gasteiger partial charge in [0.1, 0.15) is 11.3 Å². The van der Waals surface area contributed by atoms with Crippen LogP contribution in [0.25, 0.3) is 21.8 Å². The molecule has 1 heterocycles. The second-order valence-electron chi connectivity index (χ2n) is 7.11. The number of fused-ring (bicyclic) bond motifs is 2. The Balaban J connectivity index is 1.50. The molecule has 0 amide bonds. The molecule has 2 aromatic carbocycles. The third kappa shape index (κ3) is 4.94. The first-order valence-corrected chi connectivity index (χ1v) is 10.0. The number of unbranched alkanes of at least 4 members (excludes halogenated alkanes) is 7. The summed E-state index contributed by atoms with van der Waals surface area (Å²) in [7, 11) is 0. The summed E-state index contributed by atoms with van der Waals surface area (Å²) in [5.41, 5.74) is 2.39. The molecule has 1 aromatic heterocycles. The van der Waals surface area contributed by atoms with E-state index in [1.54, 1.807) is 6.07 Å². The van der Waals surface area contributed by atoms with Gasteiger partial charge in [-0.2, -0.15) is 0 Å². The van der Waals surface area contributed by atoms with Crippen LogP contribution in [0.1, 0.15) is 58.3 Å². The van der Waals surface area contributed by atoms with Crippen LogP contribution < -0.4 is 5.32 Å². The number of nitrogens with one attached hydrogen (secondary N) is 1. The first kappa shape index (κ1) is 18.6. The normalized spacial score (nSPS) is 11.3. The van der Waals surface area contributed by atoms with Crippen molar-refractivity contribution in [2.75, 3.05) is 11.9 Å². The molecule has 0 saturated carbocycles. The molecule has 1 N–H and O–H groups in total. The van der Waals surface area contributed by atoms with E-state index in [0.717, 1.165) is 28.5 Å². The molecular formula is C23H29FN2. The van der Waals surface area contributed by atoms with E-state index >= 15 is 0 Å². The maximum Gasteiger partial charge on any atom is 0.149 e. The highest BCUT2D eigenvalue weighted by Gasteiger charge is 2.05. The second kappa shape index (κ2) is 9.51. The van der Waals surface area contributed by atoms with E-state index in [1.165, 1.54) is 57.4 Å². The minimum Gasteiger partial charge on any atom is -0.385 e. The maximum absolute atomic E-state index is 13.9. The van der Waals surface area contributed by atoms with Gasteiger partial charge in [0.15, 0.2) is 0 Å². The monoisotopic (exact) mass is 352 g/mol. The number of benzene rings is 2. The number of hydrogen-bond donors (Lipinski definition) is 1. The van der Waals surface area contributed by atoms with Gasteiger partial charge < -0.3 is 5.32 Å². The Bertz CT molecular complexity index is 844. The van der Waals surface area contributed by atoms with Gasteiger partial charge in [-0.05, 0) is 36.8 Å². The lowest BCUT2D eigenvalue weighted by Gasteiger charge is -2.08. The lowest BCUT2D eigenvalue weighted by molar-refractivity contribution is 0.581. The van der Waals surface area contributed by atoms with Crippen LogP contribution in [0.5, 0.6) is 0 Å². The Kier molecular flexibility index (Phi) is 6.82. The number of hydrogen-bond acceptors (Lipinski definition) is 2. The largest absolute Gasteiger partial charge is 0.385 e. The highest BCUT2D eigenvalue weighted by molar-refractivity contribution is 5.94. The topological polar surface area (TPSA) is 24.9 Å². The SMILES string of the molecule is CCCCCCCCCCNc1ccc2nc3c(F)cccc3cc2c1. The minimum absolute atomic E-state index is 0.263. The van der Waals surface area contributed by atoms with Crippen molar-refractivity contribution >= 4 is 27.5 Å². The Morgan fingerprint density at radius 3 is 2.42 bits per heavy atom. The van der Waals surface area contributed by atoms with Crippen molar-refractivity contribution in [3.63, 3.8) is 0 Å². The lowest BCUT2D eigenvalue weighted by atomic mass is 10.1. The van der Waals surface area contributed by atoms with Crippen LogP contribution in [0.15, 0.2) is 42.5 Å². The summed E-state index contributed by atoms with van der Waals surface area (Å²) in [5.74, 6) is -0.263. The van der Waals surface area contributed by atoms with E-state index < -0.39 is 0 Å². The standard InChI is InChI=1S/C23H29FN2/c1-2-3-4-5-6-7-8-9-15-25-20-13-14-22-19(17-20)16-18-11-10-12-21(24)23(18)26-22/h10-14,16-17,25H,2-9,15H2,1H3. The van der Waals surface area contributed by atoms with Gasteiger partial charge in [0.05, 0.1) is 5.52 Å². The van der Waals surface area contributed by atoms with Crippen LogP contribution in [0.4, 0.5) is 10.1 Å². The van der Waals surface area contributed by atoms with Crippen LogP contribution in [0, 0.1) is 5.82 Å². The molecule has 0 saturated heterocycles. The fourth-order valence-electron chi connectivity index (χ4n) is 3.43. The Labute approximate surface area is 155 Å². The molecule has 3 aromatic rings. The average Bonchev–Trinajstić information content (AvgIpc) is 2.65. The molecule has 26 heavy (non-hydrogen) atoms. The smallest absolute Gasteiger partial charge is 0.149 e. The number of halogens is 1. The van der Waals surface area contributed by atoms with Crippen LogP contribution in [-0.4, -0.2) is 11.5 Å². The third-order valence-corrected chi connectivity index (χ3v) is 4.95. The summed E-state index contributed by atoms with van der Waals surface area (Å²) in [6.07, 6.45) is 10.7. The third-order valence-electron chi connectivity index (χ3n) is 4.95. The van der Waals surface area contributed by atoms with Gasteiger partial charge >= 0.3 is 0 Å². The summed E-state index contributed by atoms with van der Waals surface area (Å²) in [5, 5.41) is 5.40. The molecule has 0 bridgehead atoms. The fourth-order valence-corrected chi connectivity index (χ4v) is 3.43. The van der Waals surface area contributed by atoms with E-state index in [1.807, 2.05) is 24.3 Å². The molecule has 0 radical (unpaired) electrons. The zero-order valence-corrected chi connectivity index (χ0v) is 15.7. The van der Waals surface area contributed by atoms with Crippen molar-refractivity contribution in [1.82, 2.24) is 4.98 Å². The van der Waals surface area contributed by atoms with Crippen LogP contribution >= 0.6 is 0 Å². The number of rotatable bonds is 10. The van der Waals surface area contributed by atoms with Crippen molar-refractivity contribution in [3.05, 3.63) is 48.3 Å². The molecule has 0 aliphatic heterocycles. The molecule has 138 valence electrons. The molecular weight excluding hydrogens is 323 g/mol. The number of nitrogens with zero attached hydrogens (tertiary/aromatic N) is 1. The minimum atomic E-state index is -0.263. The van der Waals surface area contributed by atoms with Crippen LogP contribution in [-0.2, 0) is 0 Å². The zero-order valence-electron chi connectivity index (χ0n) is 15.7. The number of pyridine rings is 1. The predicted octanol–water partition coefficient (Wildman–Crippen LogP) is 7.08. The molecule has 3 heteroatoms. The van der Waals surface area contributed by atoms with Gasteiger partial charge in [0.2, 0.25) is 0 Å². The quantitative estimate of drug-likeness (QED) is 0.311. The highest BCUT2D eigenvalue weighted by Crippen LogP contribution is 2.24. The summed E-state index contributed by atoms with van der Waals surface area (Å²) < 4.78 is 13.9. The molecule has 0 aliphatic rings. The fraction of sp³-hybridized carbons (Fsp3) is 0.435. The van der Waals surface area contributed by atoms with E-state index in [9.17, 15) is 4.39 Å². The van der Waals surface area contributed by atoms with Gasteiger partial charge in [-0.3, -0.25) is 0 Å². The molecule has 0 unspecified atom stereocenters. The van der Waals surface area contributed by atoms with E-state index in [2.05, 4.69) is 23.3 Å². The predicted molar refractivity (Wildman–Crippen MR) is 110 cm³/mol. The Morgan fingerprint density at radius 2 is 1.62 bits per heavy atom. The van der Waals surface area contributed by atoms with Crippen molar-refractivity contribution < 1.29 is 4.39 Å². The average molecular weight is 352 g/mol. The maximum atomic E-state index is 13.9. The number of aromatic nitrogens is 1. The van der Waals surface area contributed by atoms with Gasteiger partial charge in [-0.1, -0.05) is 64.0 Å². The second-order valence-corrected chi connectivity index (χ2v) is 7.11. The highest BCUT2D eigenvalue weighted by atomic mass is 19.1. The molecule has 0 fully saturated rings. The van der Waals surface area contributed by atoms with Gasteiger partial charge in [0, 0.05) is 23.0 Å². The van der Waals surface area contributed by atoms with Crippen molar-refractivity contribution in [1.29, 1.82) is 0 Å². The molecule has 0 spiro atoms. The Hall–Kier alpha value is -2.16. The molecule has 3 rings (SSSR count). The first-order valence-electron chi connectivity index (χ1n) is 10.0. The summed E-state index contributed by atoms with van der Waals surface area (Å²) >= 11 is 0.